The normalized spacial score (nSPS) is 11.8. The molecule has 0 aliphatic heterocycles. The van der Waals surface area contributed by atoms with Crippen molar-refractivity contribution in [3.63, 3.8) is 0 Å². The number of carbonyl (C=O) groups excluding carboxylic acids is 2. The first-order chi connectivity index (χ1) is 13.5. The molecule has 28 heavy (non-hydrogen) atoms. The van der Waals surface area contributed by atoms with Gasteiger partial charge in [0.05, 0.1) is 17.1 Å². The molecule has 3 aromatic rings. The molecule has 1 atom stereocenters. The highest BCUT2D eigenvalue weighted by Crippen LogP contribution is 2.15. The van der Waals surface area contributed by atoms with Gasteiger partial charge in [0, 0.05) is 17.8 Å². The monoisotopic (exact) mass is 396 g/mol. The summed E-state index contributed by atoms with van der Waals surface area (Å²) in [7, 11) is 0. The second-order valence-electron chi connectivity index (χ2n) is 6.68. The summed E-state index contributed by atoms with van der Waals surface area (Å²) in [5, 5.41) is 12.1. The van der Waals surface area contributed by atoms with Gasteiger partial charge in [0.25, 0.3) is 5.91 Å². The van der Waals surface area contributed by atoms with E-state index in [1.165, 1.54) is 16.9 Å². The zero-order valence-electron chi connectivity index (χ0n) is 16.2. The second-order valence-corrected chi connectivity index (χ2v) is 7.63. The summed E-state index contributed by atoms with van der Waals surface area (Å²) in [4.78, 5) is 25.1. The summed E-state index contributed by atoms with van der Waals surface area (Å²) in [6.45, 7) is 6.70. The molecule has 2 N–H and O–H groups in total. The Hall–Kier alpha value is -2.93. The van der Waals surface area contributed by atoms with Crippen molar-refractivity contribution >= 4 is 23.2 Å². The molecule has 2 heterocycles. The number of nitrogens with one attached hydrogen (secondary N) is 2. The fourth-order valence-corrected chi connectivity index (χ4v) is 3.60. The molecule has 6 nitrogen and oxygen atoms in total. The molecule has 3 rings (SSSR count). The van der Waals surface area contributed by atoms with Crippen LogP contribution in [0.1, 0.15) is 39.1 Å². The number of amides is 2. The van der Waals surface area contributed by atoms with Crippen molar-refractivity contribution in [2.75, 3.05) is 0 Å². The number of rotatable bonds is 7. The molecule has 7 heteroatoms. The lowest BCUT2D eigenvalue weighted by atomic mass is 10.2. The number of carbonyl (C=O) groups is 2. The third-order valence-corrected chi connectivity index (χ3v) is 5.50. The van der Waals surface area contributed by atoms with Gasteiger partial charge in [-0.15, -0.1) is 11.3 Å². The molecule has 0 bridgehead atoms. The van der Waals surface area contributed by atoms with Crippen LogP contribution in [0.4, 0.5) is 0 Å². The number of nitrogens with zero attached hydrogens (tertiary/aromatic N) is 2. The third-order valence-electron chi connectivity index (χ3n) is 4.63. The van der Waals surface area contributed by atoms with E-state index in [1.807, 2.05) is 48.2 Å². The van der Waals surface area contributed by atoms with Gasteiger partial charge in [0.15, 0.2) is 0 Å². The summed E-state index contributed by atoms with van der Waals surface area (Å²) >= 11 is 1.35. The van der Waals surface area contributed by atoms with E-state index in [0.29, 0.717) is 18.0 Å². The van der Waals surface area contributed by atoms with Crippen molar-refractivity contribution in [2.45, 2.75) is 39.9 Å². The van der Waals surface area contributed by atoms with E-state index in [-0.39, 0.29) is 11.8 Å². The number of aryl methyl sites for hydroxylation is 1. The molecule has 0 radical (unpaired) electrons. The Bertz CT molecular complexity index is 948. The van der Waals surface area contributed by atoms with Crippen molar-refractivity contribution in [1.29, 1.82) is 0 Å². The van der Waals surface area contributed by atoms with Crippen molar-refractivity contribution in [3.05, 3.63) is 75.2 Å². The maximum absolute atomic E-state index is 12.4. The predicted octanol–water partition coefficient (Wildman–Crippen LogP) is 3.04. The van der Waals surface area contributed by atoms with Crippen LogP contribution in [0.15, 0.2) is 47.8 Å². The molecule has 1 aromatic carbocycles. The summed E-state index contributed by atoms with van der Waals surface area (Å²) in [6.07, 6.45) is 0. The summed E-state index contributed by atoms with van der Waals surface area (Å²) in [6, 6.07) is 13.1. The average molecular weight is 397 g/mol. The van der Waals surface area contributed by atoms with Gasteiger partial charge in [0.1, 0.15) is 6.04 Å². The van der Waals surface area contributed by atoms with Crippen LogP contribution in [-0.2, 0) is 17.9 Å². The molecule has 0 aliphatic rings. The number of thiophene rings is 1. The van der Waals surface area contributed by atoms with Crippen LogP contribution in [-0.4, -0.2) is 27.6 Å². The Balaban J connectivity index is 1.59. The van der Waals surface area contributed by atoms with Crippen LogP contribution in [0.25, 0.3) is 0 Å². The first kappa shape index (κ1) is 19.8. The Morgan fingerprint density at radius 3 is 2.57 bits per heavy atom. The van der Waals surface area contributed by atoms with Crippen LogP contribution in [0, 0.1) is 13.8 Å². The van der Waals surface area contributed by atoms with E-state index in [9.17, 15) is 9.59 Å². The van der Waals surface area contributed by atoms with E-state index >= 15 is 0 Å². The molecular weight excluding hydrogens is 372 g/mol. The summed E-state index contributed by atoms with van der Waals surface area (Å²) < 4.78 is 1.95. The maximum Gasteiger partial charge on any atom is 0.261 e. The molecule has 2 amide bonds. The lowest BCUT2D eigenvalue weighted by Crippen LogP contribution is -2.44. The minimum absolute atomic E-state index is 0.223. The highest BCUT2D eigenvalue weighted by atomic mass is 32.1. The largest absolute Gasteiger partial charge is 0.350 e. The Morgan fingerprint density at radius 1 is 1.14 bits per heavy atom. The highest BCUT2D eigenvalue weighted by Gasteiger charge is 2.18. The average Bonchev–Trinajstić information content (AvgIpc) is 3.30. The molecule has 146 valence electrons. The fourth-order valence-electron chi connectivity index (χ4n) is 2.97. The van der Waals surface area contributed by atoms with Gasteiger partial charge >= 0.3 is 0 Å². The zero-order valence-corrected chi connectivity index (χ0v) is 17.0. The molecule has 0 fully saturated rings. The van der Waals surface area contributed by atoms with Gasteiger partial charge in [-0.2, -0.15) is 5.10 Å². The first-order valence-corrected chi connectivity index (χ1v) is 10.0. The summed E-state index contributed by atoms with van der Waals surface area (Å²) in [5.41, 5.74) is 4.09. The Kier molecular flexibility index (Phi) is 6.26. The molecule has 1 unspecified atom stereocenters. The SMILES string of the molecule is Cc1nn(Cc2ccccc2)c(C)c1CNC(=O)C(C)NC(=O)c1cccs1. The maximum atomic E-state index is 12.4. The van der Waals surface area contributed by atoms with Crippen LogP contribution in [0.2, 0.25) is 0 Å². The minimum Gasteiger partial charge on any atom is -0.350 e. The number of hydrogen-bond acceptors (Lipinski definition) is 4. The predicted molar refractivity (Wildman–Crippen MR) is 110 cm³/mol. The molecule has 0 saturated carbocycles. The topological polar surface area (TPSA) is 76.0 Å². The Labute approximate surface area is 168 Å². The van der Waals surface area contributed by atoms with Gasteiger partial charge < -0.3 is 10.6 Å². The van der Waals surface area contributed by atoms with E-state index in [2.05, 4.69) is 27.9 Å². The minimum atomic E-state index is -0.616. The highest BCUT2D eigenvalue weighted by molar-refractivity contribution is 7.12. The van der Waals surface area contributed by atoms with Gasteiger partial charge in [0.2, 0.25) is 5.91 Å². The van der Waals surface area contributed by atoms with E-state index in [4.69, 9.17) is 0 Å². The number of benzene rings is 1. The third kappa shape index (κ3) is 4.67. The van der Waals surface area contributed by atoms with E-state index in [0.717, 1.165) is 17.0 Å². The van der Waals surface area contributed by atoms with Crippen molar-refractivity contribution in [1.82, 2.24) is 20.4 Å². The van der Waals surface area contributed by atoms with Gasteiger partial charge in [-0.25, -0.2) is 0 Å². The zero-order chi connectivity index (χ0) is 20.1. The number of aromatic nitrogens is 2. The fraction of sp³-hybridized carbons (Fsp3) is 0.286. The van der Waals surface area contributed by atoms with Crippen LogP contribution >= 0.6 is 11.3 Å². The smallest absolute Gasteiger partial charge is 0.261 e. The van der Waals surface area contributed by atoms with Crippen molar-refractivity contribution < 1.29 is 9.59 Å². The quantitative estimate of drug-likeness (QED) is 0.644. The van der Waals surface area contributed by atoms with Gasteiger partial charge in [-0.1, -0.05) is 36.4 Å². The molecule has 0 spiro atoms. The van der Waals surface area contributed by atoms with E-state index in [1.54, 1.807) is 13.0 Å². The first-order valence-electron chi connectivity index (χ1n) is 9.14. The van der Waals surface area contributed by atoms with Crippen LogP contribution < -0.4 is 10.6 Å². The lowest BCUT2D eigenvalue weighted by Gasteiger charge is -2.14. The van der Waals surface area contributed by atoms with E-state index < -0.39 is 6.04 Å². The molecule has 0 aliphatic carbocycles. The molecule has 2 aromatic heterocycles. The standard InChI is InChI=1S/C21H24N4O2S/c1-14-18(16(3)25(24-14)13-17-8-5-4-6-9-17)12-22-20(26)15(2)23-21(27)19-10-7-11-28-19/h4-11,15H,12-13H2,1-3H3,(H,22,26)(H,23,27). The van der Waals surface area contributed by atoms with Crippen molar-refractivity contribution in [2.24, 2.45) is 0 Å². The van der Waals surface area contributed by atoms with Crippen molar-refractivity contribution in [3.8, 4) is 0 Å². The van der Waals surface area contributed by atoms with Gasteiger partial charge in [-0.3, -0.25) is 14.3 Å². The Morgan fingerprint density at radius 2 is 1.89 bits per heavy atom. The molecular formula is C21H24N4O2S. The number of hydrogen-bond donors (Lipinski definition) is 2. The lowest BCUT2D eigenvalue weighted by molar-refractivity contribution is -0.122. The molecule has 0 saturated heterocycles. The summed E-state index contributed by atoms with van der Waals surface area (Å²) in [5.74, 6) is -0.458. The van der Waals surface area contributed by atoms with Gasteiger partial charge in [-0.05, 0) is 37.8 Å². The van der Waals surface area contributed by atoms with Crippen LogP contribution in [0.3, 0.4) is 0 Å². The second kappa shape index (κ2) is 8.84. The van der Waals surface area contributed by atoms with Crippen LogP contribution in [0.5, 0.6) is 0 Å².